The first-order valence-electron chi connectivity index (χ1n) is 11.3. The van der Waals surface area contributed by atoms with Gasteiger partial charge in [0.2, 0.25) is 23.6 Å². The lowest BCUT2D eigenvalue weighted by Crippen LogP contribution is -2.59. The van der Waals surface area contributed by atoms with Gasteiger partial charge >= 0.3 is 5.97 Å². The van der Waals surface area contributed by atoms with Gasteiger partial charge < -0.3 is 32.1 Å². The molecule has 11 nitrogen and oxygen atoms in total. The van der Waals surface area contributed by atoms with Gasteiger partial charge in [0.15, 0.2) is 0 Å². The standard InChI is InChI=1S/C23H33N5O6/c1-13(2)19(28-20(30)15-9-6-10-25-15)22(32)26-16(11-14-7-4-3-5-8-14)21(31)27-17(23(33)34)12-18(24)29/h3-5,7-8,13,15-17,19,25H,6,9-12H2,1-2H3,(H2,24,29)(H,26,32)(H,27,31)(H,28,30)(H,33,34). The number of primary amides is 1. The van der Waals surface area contributed by atoms with E-state index in [1.807, 2.05) is 0 Å². The lowest BCUT2D eigenvalue weighted by atomic mass is 10.00. The van der Waals surface area contributed by atoms with Gasteiger partial charge in [-0.3, -0.25) is 19.2 Å². The summed E-state index contributed by atoms with van der Waals surface area (Å²) in [6.07, 6.45) is 1.02. The Hall–Kier alpha value is -3.47. The van der Waals surface area contributed by atoms with Crippen molar-refractivity contribution in [3.05, 3.63) is 35.9 Å². The Morgan fingerprint density at radius 3 is 2.21 bits per heavy atom. The maximum atomic E-state index is 13.1. The first kappa shape index (κ1) is 26.8. The number of nitrogens with two attached hydrogens (primary N) is 1. The average Bonchev–Trinajstić information content (AvgIpc) is 3.31. The molecule has 0 bridgehead atoms. The van der Waals surface area contributed by atoms with Crippen LogP contribution < -0.4 is 27.0 Å². The molecule has 0 spiro atoms. The van der Waals surface area contributed by atoms with Gasteiger partial charge in [0.05, 0.1) is 12.5 Å². The number of benzene rings is 1. The lowest BCUT2D eigenvalue weighted by Gasteiger charge is -2.27. The highest BCUT2D eigenvalue weighted by Crippen LogP contribution is 2.10. The minimum absolute atomic E-state index is 0.0737. The second-order valence-electron chi connectivity index (χ2n) is 8.70. The molecule has 1 saturated heterocycles. The molecule has 1 aromatic rings. The summed E-state index contributed by atoms with van der Waals surface area (Å²) in [5.74, 6) is -4.22. The van der Waals surface area contributed by atoms with Crippen LogP contribution in [0, 0.1) is 5.92 Å². The number of hydrogen-bond donors (Lipinski definition) is 6. The number of carboxylic acids is 1. The zero-order chi connectivity index (χ0) is 25.3. The fourth-order valence-corrected chi connectivity index (χ4v) is 3.69. The molecule has 34 heavy (non-hydrogen) atoms. The number of nitrogens with one attached hydrogen (secondary N) is 4. The zero-order valence-corrected chi connectivity index (χ0v) is 19.4. The Bertz CT molecular complexity index is 885. The summed E-state index contributed by atoms with van der Waals surface area (Å²) in [6, 6.07) is 4.91. The predicted molar refractivity (Wildman–Crippen MR) is 123 cm³/mol. The number of hydrogen-bond acceptors (Lipinski definition) is 6. The number of aliphatic carboxylic acids is 1. The third-order valence-electron chi connectivity index (χ3n) is 5.56. The van der Waals surface area contributed by atoms with Gasteiger partial charge in [0.25, 0.3) is 0 Å². The molecular formula is C23H33N5O6. The van der Waals surface area contributed by atoms with E-state index in [1.165, 1.54) is 0 Å². The molecule has 2 rings (SSSR count). The van der Waals surface area contributed by atoms with Crippen LogP contribution in [0.15, 0.2) is 30.3 Å². The fourth-order valence-electron chi connectivity index (χ4n) is 3.69. The van der Waals surface area contributed by atoms with Crippen LogP contribution in [0.2, 0.25) is 0 Å². The average molecular weight is 476 g/mol. The molecule has 7 N–H and O–H groups in total. The van der Waals surface area contributed by atoms with Gasteiger partial charge in [0.1, 0.15) is 18.1 Å². The van der Waals surface area contributed by atoms with E-state index in [-0.39, 0.29) is 24.3 Å². The van der Waals surface area contributed by atoms with E-state index in [9.17, 15) is 29.1 Å². The SMILES string of the molecule is CC(C)C(NC(=O)C1CCCN1)C(=O)NC(Cc1ccccc1)C(=O)NC(CC(N)=O)C(=O)O. The van der Waals surface area contributed by atoms with Gasteiger partial charge in [0, 0.05) is 6.42 Å². The van der Waals surface area contributed by atoms with Crippen molar-refractivity contribution in [2.75, 3.05) is 6.54 Å². The van der Waals surface area contributed by atoms with Crippen molar-refractivity contribution in [3.63, 3.8) is 0 Å². The summed E-state index contributed by atoms with van der Waals surface area (Å²) >= 11 is 0. The van der Waals surface area contributed by atoms with Gasteiger partial charge in [-0.05, 0) is 30.9 Å². The summed E-state index contributed by atoms with van der Waals surface area (Å²) in [6.45, 7) is 4.27. The molecule has 1 aliphatic rings. The van der Waals surface area contributed by atoms with E-state index < -0.39 is 48.2 Å². The van der Waals surface area contributed by atoms with Crippen LogP contribution in [0.25, 0.3) is 0 Å². The Kier molecular flexibility index (Phi) is 9.99. The van der Waals surface area contributed by atoms with Crippen molar-refractivity contribution in [1.29, 1.82) is 0 Å². The van der Waals surface area contributed by atoms with E-state index in [4.69, 9.17) is 5.73 Å². The summed E-state index contributed by atoms with van der Waals surface area (Å²) in [4.78, 5) is 61.3. The minimum atomic E-state index is -1.53. The van der Waals surface area contributed by atoms with E-state index in [0.29, 0.717) is 6.42 Å². The highest BCUT2D eigenvalue weighted by molar-refractivity contribution is 5.95. The molecule has 4 amide bonds. The van der Waals surface area contributed by atoms with Crippen LogP contribution in [0.3, 0.4) is 0 Å². The molecule has 0 saturated carbocycles. The third kappa shape index (κ3) is 8.14. The van der Waals surface area contributed by atoms with E-state index >= 15 is 0 Å². The summed E-state index contributed by atoms with van der Waals surface area (Å²) < 4.78 is 0. The number of carboxylic acid groups (broad SMARTS) is 1. The van der Waals surface area contributed by atoms with Crippen LogP contribution >= 0.6 is 0 Å². The van der Waals surface area contributed by atoms with Crippen molar-refractivity contribution in [1.82, 2.24) is 21.3 Å². The molecule has 4 unspecified atom stereocenters. The Morgan fingerprint density at radius 2 is 1.68 bits per heavy atom. The highest BCUT2D eigenvalue weighted by Gasteiger charge is 2.33. The lowest BCUT2D eigenvalue weighted by molar-refractivity contribution is -0.143. The predicted octanol–water partition coefficient (Wildman–Crippen LogP) is -0.948. The number of rotatable bonds is 12. The Labute approximate surface area is 198 Å². The molecule has 0 aromatic heterocycles. The monoisotopic (exact) mass is 475 g/mol. The Morgan fingerprint density at radius 1 is 1.03 bits per heavy atom. The smallest absolute Gasteiger partial charge is 0.326 e. The molecule has 1 fully saturated rings. The fraction of sp³-hybridized carbons (Fsp3) is 0.522. The third-order valence-corrected chi connectivity index (χ3v) is 5.56. The molecule has 1 aliphatic heterocycles. The number of carbonyl (C=O) groups is 5. The Balaban J connectivity index is 2.18. The molecule has 1 heterocycles. The molecule has 11 heteroatoms. The van der Waals surface area contributed by atoms with Crippen LogP contribution in [-0.2, 0) is 30.4 Å². The molecular weight excluding hydrogens is 442 g/mol. The van der Waals surface area contributed by atoms with Gasteiger partial charge in [-0.15, -0.1) is 0 Å². The topological polar surface area (TPSA) is 180 Å². The van der Waals surface area contributed by atoms with Crippen LogP contribution in [-0.4, -0.2) is 65.4 Å². The zero-order valence-electron chi connectivity index (χ0n) is 19.4. The van der Waals surface area contributed by atoms with Crippen molar-refractivity contribution >= 4 is 29.6 Å². The van der Waals surface area contributed by atoms with Gasteiger partial charge in [-0.1, -0.05) is 44.2 Å². The van der Waals surface area contributed by atoms with Crippen molar-refractivity contribution in [2.24, 2.45) is 11.7 Å². The first-order valence-corrected chi connectivity index (χ1v) is 11.3. The number of carbonyl (C=O) groups excluding carboxylic acids is 4. The highest BCUT2D eigenvalue weighted by atomic mass is 16.4. The minimum Gasteiger partial charge on any atom is -0.480 e. The van der Waals surface area contributed by atoms with E-state index in [2.05, 4.69) is 21.3 Å². The normalized spacial score (nSPS) is 17.9. The largest absolute Gasteiger partial charge is 0.480 e. The molecule has 186 valence electrons. The van der Waals surface area contributed by atoms with Crippen molar-refractivity contribution < 1.29 is 29.1 Å². The van der Waals surface area contributed by atoms with Gasteiger partial charge in [-0.2, -0.15) is 0 Å². The summed E-state index contributed by atoms with van der Waals surface area (Å²) in [5, 5.41) is 20.1. The van der Waals surface area contributed by atoms with Gasteiger partial charge in [-0.25, -0.2) is 4.79 Å². The quantitative estimate of drug-likeness (QED) is 0.225. The molecule has 0 aliphatic carbocycles. The van der Waals surface area contributed by atoms with Crippen LogP contribution in [0.1, 0.15) is 38.7 Å². The van der Waals surface area contributed by atoms with Crippen molar-refractivity contribution in [3.8, 4) is 0 Å². The first-order chi connectivity index (χ1) is 16.1. The summed E-state index contributed by atoms with van der Waals surface area (Å²) in [7, 11) is 0. The molecule has 4 atom stereocenters. The van der Waals surface area contributed by atoms with Crippen LogP contribution in [0.5, 0.6) is 0 Å². The van der Waals surface area contributed by atoms with E-state index in [1.54, 1.807) is 44.2 Å². The molecule has 1 aromatic carbocycles. The van der Waals surface area contributed by atoms with Crippen LogP contribution in [0.4, 0.5) is 0 Å². The summed E-state index contributed by atoms with van der Waals surface area (Å²) in [5.41, 5.74) is 5.82. The van der Waals surface area contributed by atoms with E-state index in [0.717, 1.165) is 18.5 Å². The molecule has 0 radical (unpaired) electrons. The second-order valence-corrected chi connectivity index (χ2v) is 8.70. The van der Waals surface area contributed by atoms with Crippen molar-refractivity contribution in [2.45, 2.75) is 63.7 Å². The second kappa shape index (κ2) is 12.7. The number of amides is 4. The maximum Gasteiger partial charge on any atom is 0.326 e. The maximum absolute atomic E-state index is 13.1.